The fourth-order valence-electron chi connectivity index (χ4n) is 2.57. The molecule has 0 saturated heterocycles. The maximum atomic E-state index is 10.1. The first-order chi connectivity index (χ1) is 12.8. The van der Waals surface area contributed by atoms with Gasteiger partial charge in [-0.15, -0.1) is 0 Å². The highest BCUT2D eigenvalue weighted by Gasteiger charge is 2.20. The van der Waals surface area contributed by atoms with Crippen molar-refractivity contribution in [2.75, 3.05) is 0 Å². The Balaban J connectivity index is 0.000000330. The summed E-state index contributed by atoms with van der Waals surface area (Å²) in [6, 6.07) is 15.5. The quantitative estimate of drug-likeness (QED) is 0.442. The van der Waals surface area contributed by atoms with Gasteiger partial charge in [0.05, 0.1) is 11.0 Å². The first kappa shape index (κ1) is 23.4. The summed E-state index contributed by atoms with van der Waals surface area (Å²) in [5, 5.41) is 18.9. The Kier molecular flexibility index (Phi) is 7.93. The molecule has 0 bridgehead atoms. The zero-order valence-corrected chi connectivity index (χ0v) is 18.2. The number of hydrogen-bond donors (Lipinski definition) is 0. The topological polar surface area (TPSA) is 66.9 Å². The van der Waals surface area contributed by atoms with Crippen molar-refractivity contribution in [3.63, 3.8) is 0 Å². The van der Waals surface area contributed by atoms with E-state index in [1.54, 1.807) is 12.1 Å². The number of aryl methyl sites for hydroxylation is 2. The lowest BCUT2D eigenvalue weighted by atomic mass is 9.79. The second kappa shape index (κ2) is 9.50. The van der Waals surface area contributed by atoms with Gasteiger partial charge in [-0.05, 0) is 40.9 Å². The van der Waals surface area contributed by atoms with E-state index in [4.69, 9.17) is 5.26 Å². The Hall–Kier alpha value is -2.67. The summed E-state index contributed by atoms with van der Waals surface area (Å²) < 4.78 is 0. The van der Waals surface area contributed by atoms with Crippen LogP contribution in [0.1, 0.15) is 70.2 Å². The number of nitro groups is 1. The second-order valence-electron chi connectivity index (χ2n) is 9.17. The number of nitriles is 1. The standard InChI is InChI=1S/C17H25N.C7H7NO2/c1-16(2,3)14-10-13(8-7-9-18)11-15(12-14)17(4,5)6;1-6-2-4-7(5-3-6)8(9)10/h10-12H,7-8H2,1-6H3;2-5H,1H3. The van der Waals surface area contributed by atoms with Crippen molar-refractivity contribution >= 4 is 5.69 Å². The average molecular weight is 381 g/mol. The van der Waals surface area contributed by atoms with Crippen molar-refractivity contribution in [1.82, 2.24) is 0 Å². The molecule has 0 radical (unpaired) electrons. The van der Waals surface area contributed by atoms with Crippen molar-refractivity contribution < 1.29 is 4.92 Å². The van der Waals surface area contributed by atoms with E-state index in [0.717, 1.165) is 12.0 Å². The van der Waals surface area contributed by atoms with Crippen molar-refractivity contribution in [3.05, 3.63) is 74.8 Å². The van der Waals surface area contributed by atoms with Gasteiger partial charge in [-0.1, -0.05) is 77.4 Å². The number of rotatable bonds is 3. The number of hydrogen-bond acceptors (Lipinski definition) is 3. The minimum absolute atomic E-state index is 0.144. The summed E-state index contributed by atoms with van der Waals surface area (Å²) in [6.45, 7) is 15.3. The monoisotopic (exact) mass is 380 g/mol. The molecular formula is C24H32N2O2. The fraction of sp³-hybridized carbons (Fsp3) is 0.458. The van der Waals surface area contributed by atoms with Crippen LogP contribution in [0, 0.1) is 28.4 Å². The maximum absolute atomic E-state index is 10.1. The summed E-state index contributed by atoms with van der Waals surface area (Å²) in [6.07, 6.45) is 1.45. The van der Waals surface area contributed by atoms with E-state index < -0.39 is 4.92 Å². The first-order valence-electron chi connectivity index (χ1n) is 9.57. The van der Waals surface area contributed by atoms with Crippen LogP contribution in [0.25, 0.3) is 0 Å². The van der Waals surface area contributed by atoms with Gasteiger partial charge < -0.3 is 0 Å². The molecule has 0 spiro atoms. The molecule has 0 aliphatic heterocycles. The van der Waals surface area contributed by atoms with Gasteiger partial charge in [0.25, 0.3) is 5.69 Å². The van der Waals surface area contributed by atoms with Crippen molar-refractivity contribution in [2.45, 2.75) is 72.1 Å². The molecule has 28 heavy (non-hydrogen) atoms. The minimum atomic E-state index is -0.403. The van der Waals surface area contributed by atoms with E-state index in [1.165, 1.54) is 28.8 Å². The molecule has 0 fully saturated rings. The van der Waals surface area contributed by atoms with Crippen LogP contribution < -0.4 is 0 Å². The molecule has 0 unspecified atom stereocenters. The lowest BCUT2D eigenvalue weighted by Crippen LogP contribution is -2.17. The van der Waals surface area contributed by atoms with E-state index in [9.17, 15) is 10.1 Å². The smallest absolute Gasteiger partial charge is 0.258 e. The van der Waals surface area contributed by atoms with Gasteiger partial charge in [0.1, 0.15) is 0 Å². The molecule has 4 heteroatoms. The molecule has 0 saturated carbocycles. The predicted octanol–water partition coefficient (Wildman–Crippen LogP) is 6.64. The highest BCUT2D eigenvalue weighted by molar-refractivity contribution is 5.37. The predicted molar refractivity (Wildman–Crippen MR) is 116 cm³/mol. The highest BCUT2D eigenvalue weighted by Crippen LogP contribution is 2.30. The van der Waals surface area contributed by atoms with Gasteiger partial charge in [0.2, 0.25) is 0 Å². The molecular weight excluding hydrogens is 348 g/mol. The molecule has 0 aromatic heterocycles. The molecule has 4 nitrogen and oxygen atoms in total. The third kappa shape index (κ3) is 7.52. The van der Waals surface area contributed by atoms with Crippen LogP contribution in [0.4, 0.5) is 5.69 Å². The minimum Gasteiger partial charge on any atom is -0.258 e. The summed E-state index contributed by atoms with van der Waals surface area (Å²) in [4.78, 5) is 9.71. The number of non-ortho nitro benzene ring substituents is 1. The van der Waals surface area contributed by atoms with Gasteiger partial charge in [-0.25, -0.2) is 0 Å². The molecule has 2 aromatic carbocycles. The largest absolute Gasteiger partial charge is 0.269 e. The third-order valence-corrected chi connectivity index (χ3v) is 4.50. The maximum Gasteiger partial charge on any atom is 0.269 e. The van der Waals surface area contributed by atoms with Crippen LogP contribution in [-0.4, -0.2) is 4.92 Å². The van der Waals surface area contributed by atoms with E-state index in [1.807, 2.05) is 6.92 Å². The van der Waals surface area contributed by atoms with E-state index in [0.29, 0.717) is 6.42 Å². The Labute approximate surface area is 169 Å². The molecule has 0 heterocycles. The van der Waals surface area contributed by atoms with Crippen molar-refractivity contribution in [2.24, 2.45) is 0 Å². The third-order valence-electron chi connectivity index (χ3n) is 4.50. The van der Waals surface area contributed by atoms with Gasteiger partial charge in [0, 0.05) is 18.6 Å². The Morgan fingerprint density at radius 3 is 1.75 bits per heavy atom. The number of nitro benzene ring substituents is 1. The van der Waals surface area contributed by atoms with Crippen LogP contribution in [0.2, 0.25) is 0 Å². The van der Waals surface area contributed by atoms with E-state index in [-0.39, 0.29) is 16.5 Å². The lowest BCUT2D eigenvalue weighted by molar-refractivity contribution is -0.384. The van der Waals surface area contributed by atoms with Gasteiger partial charge in [-0.3, -0.25) is 10.1 Å². The van der Waals surface area contributed by atoms with Crippen LogP contribution >= 0.6 is 0 Å². The molecule has 0 aliphatic carbocycles. The van der Waals surface area contributed by atoms with Gasteiger partial charge in [-0.2, -0.15) is 5.26 Å². The summed E-state index contributed by atoms with van der Waals surface area (Å²) in [5.74, 6) is 0. The Morgan fingerprint density at radius 2 is 1.39 bits per heavy atom. The van der Waals surface area contributed by atoms with E-state index in [2.05, 4.69) is 65.8 Å². The fourth-order valence-corrected chi connectivity index (χ4v) is 2.57. The molecule has 2 aromatic rings. The molecule has 0 N–H and O–H groups in total. The molecule has 0 amide bonds. The average Bonchev–Trinajstić information content (AvgIpc) is 2.59. The number of nitrogens with zero attached hydrogens (tertiary/aromatic N) is 2. The summed E-state index contributed by atoms with van der Waals surface area (Å²) in [7, 11) is 0. The SMILES string of the molecule is CC(C)(C)c1cc(CCC#N)cc(C(C)(C)C)c1.Cc1ccc([N+](=O)[O-])cc1. The second-order valence-corrected chi connectivity index (χ2v) is 9.17. The summed E-state index contributed by atoms with van der Waals surface area (Å²) in [5.41, 5.74) is 5.50. The Bertz CT molecular complexity index is 801. The van der Waals surface area contributed by atoms with E-state index >= 15 is 0 Å². The highest BCUT2D eigenvalue weighted by atomic mass is 16.6. The van der Waals surface area contributed by atoms with Crippen LogP contribution in [-0.2, 0) is 17.3 Å². The summed E-state index contributed by atoms with van der Waals surface area (Å²) >= 11 is 0. The van der Waals surface area contributed by atoms with Crippen molar-refractivity contribution in [3.8, 4) is 6.07 Å². The first-order valence-corrected chi connectivity index (χ1v) is 9.57. The van der Waals surface area contributed by atoms with Crippen LogP contribution in [0.5, 0.6) is 0 Å². The van der Waals surface area contributed by atoms with Gasteiger partial charge in [0.15, 0.2) is 0 Å². The van der Waals surface area contributed by atoms with Crippen LogP contribution in [0.15, 0.2) is 42.5 Å². The number of benzene rings is 2. The Morgan fingerprint density at radius 1 is 0.929 bits per heavy atom. The zero-order valence-electron chi connectivity index (χ0n) is 18.2. The molecule has 0 aliphatic rings. The molecule has 150 valence electrons. The van der Waals surface area contributed by atoms with Gasteiger partial charge >= 0.3 is 0 Å². The zero-order chi connectivity index (χ0) is 21.5. The van der Waals surface area contributed by atoms with Crippen LogP contribution in [0.3, 0.4) is 0 Å². The molecule has 0 atom stereocenters. The molecule has 2 rings (SSSR count). The lowest BCUT2D eigenvalue weighted by Gasteiger charge is -2.26. The van der Waals surface area contributed by atoms with Crippen molar-refractivity contribution in [1.29, 1.82) is 5.26 Å². The normalized spacial score (nSPS) is 11.2.